The van der Waals surface area contributed by atoms with Gasteiger partial charge in [-0.1, -0.05) is 69.2 Å². The molecule has 45 heavy (non-hydrogen) atoms. The van der Waals surface area contributed by atoms with E-state index in [1.807, 2.05) is 54.6 Å². The second kappa shape index (κ2) is 15.7. The lowest BCUT2D eigenvalue weighted by Gasteiger charge is -2.18. The molecule has 2 amide bonds. The average Bonchev–Trinajstić information content (AvgIpc) is 3.35. The Balaban J connectivity index is 0.000000707. The number of carboxylic acids is 2. The Kier molecular flexibility index (Phi) is 12.1. The van der Waals surface area contributed by atoms with Gasteiger partial charge < -0.3 is 20.1 Å². The third-order valence-electron chi connectivity index (χ3n) is 7.07. The minimum atomic E-state index is -5.08. The molecule has 4 aromatic rings. The zero-order valence-electron chi connectivity index (χ0n) is 25.4. The van der Waals surface area contributed by atoms with E-state index < -0.39 is 18.1 Å². The van der Waals surface area contributed by atoms with Crippen molar-refractivity contribution in [3.63, 3.8) is 0 Å². The molecule has 0 spiro atoms. The second-order valence-corrected chi connectivity index (χ2v) is 10.4. The number of anilines is 1. The van der Waals surface area contributed by atoms with E-state index in [0.29, 0.717) is 18.7 Å². The van der Waals surface area contributed by atoms with Crippen molar-refractivity contribution in [2.24, 2.45) is 0 Å². The number of nitrogens with one attached hydrogen (secondary N) is 1. The third-order valence-corrected chi connectivity index (χ3v) is 7.07. The summed E-state index contributed by atoms with van der Waals surface area (Å²) < 4.78 is 34.0. The fraction of sp³-hybridized carbons (Fsp3) is 0.333. The fourth-order valence-electron chi connectivity index (χ4n) is 4.57. The van der Waals surface area contributed by atoms with Gasteiger partial charge in [0.25, 0.3) is 0 Å². The number of carboxylic acid groups (broad SMARTS) is 2. The Hall–Kier alpha value is -4.87. The Bertz CT molecular complexity index is 1620. The van der Waals surface area contributed by atoms with Crippen molar-refractivity contribution < 1.29 is 37.8 Å². The number of rotatable bonds is 11. The Labute approximate surface area is 259 Å². The zero-order valence-corrected chi connectivity index (χ0v) is 25.4. The van der Waals surface area contributed by atoms with Crippen molar-refractivity contribution >= 4 is 34.7 Å². The van der Waals surface area contributed by atoms with Crippen molar-refractivity contribution in [2.45, 2.75) is 58.7 Å². The highest BCUT2D eigenvalue weighted by Gasteiger charge is 2.38. The number of unbranched alkanes of at least 4 members (excludes halogenated alkanes) is 2. The second-order valence-electron chi connectivity index (χ2n) is 10.4. The van der Waals surface area contributed by atoms with Crippen molar-refractivity contribution in [3.8, 4) is 11.1 Å². The number of amides is 2. The van der Waals surface area contributed by atoms with E-state index in [0.717, 1.165) is 65.8 Å². The highest BCUT2D eigenvalue weighted by molar-refractivity contribution is 5.96. The lowest BCUT2D eigenvalue weighted by molar-refractivity contribution is -0.192. The van der Waals surface area contributed by atoms with E-state index >= 15 is 0 Å². The third kappa shape index (κ3) is 9.31. The molecule has 0 fully saturated rings. The molecular formula is C33H37F3N4O5. The van der Waals surface area contributed by atoms with Crippen molar-refractivity contribution in [1.82, 2.24) is 14.9 Å². The molecule has 0 aliphatic rings. The van der Waals surface area contributed by atoms with E-state index in [1.54, 1.807) is 24.1 Å². The highest BCUT2D eigenvalue weighted by Crippen LogP contribution is 2.27. The van der Waals surface area contributed by atoms with Gasteiger partial charge in [0.1, 0.15) is 5.82 Å². The number of aliphatic carboxylic acids is 1. The number of carbonyl (C=O) groups excluding carboxylic acids is 1. The van der Waals surface area contributed by atoms with Crippen molar-refractivity contribution in [2.75, 3.05) is 18.5 Å². The van der Waals surface area contributed by atoms with Crippen LogP contribution in [0.2, 0.25) is 0 Å². The van der Waals surface area contributed by atoms with Gasteiger partial charge in [-0.15, -0.1) is 0 Å². The molecule has 0 unspecified atom stereocenters. The molecule has 0 atom stereocenters. The number of urea groups is 1. The van der Waals surface area contributed by atoms with Crippen molar-refractivity contribution in [3.05, 3.63) is 83.7 Å². The van der Waals surface area contributed by atoms with Crippen LogP contribution in [-0.2, 0) is 17.8 Å². The van der Waals surface area contributed by atoms with Gasteiger partial charge in [0.2, 0.25) is 0 Å². The molecule has 1 aromatic heterocycles. The molecular weight excluding hydrogens is 589 g/mol. The number of aryl methyl sites for hydroxylation is 1. The predicted molar refractivity (Wildman–Crippen MR) is 167 cm³/mol. The number of hydrogen-bond acceptors (Lipinski definition) is 4. The first kappa shape index (κ1) is 34.6. The topological polar surface area (TPSA) is 125 Å². The number of alkyl halides is 3. The predicted octanol–water partition coefficient (Wildman–Crippen LogP) is 7.37. The summed E-state index contributed by atoms with van der Waals surface area (Å²) in [6.45, 7) is 5.56. The summed E-state index contributed by atoms with van der Waals surface area (Å²) in [6.07, 6.45) is -0.110. The zero-order chi connectivity index (χ0) is 33.1. The summed E-state index contributed by atoms with van der Waals surface area (Å²) in [7, 11) is 1.79. The first-order valence-electron chi connectivity index (χ1n) is 14.6. The van der Waals surface area contributed by atoms with Gasteiger partial charge in [-0.05, 0) is 53.8 Å². The lowest BCUT2D eigenvalue weighted by Crippen LogP contribution is -2.37. The first-order valence-corrected chi connectivity index (χ1v) is 14.6. The normalized spacial score (nSPS) is 11.1. The summed E-state index contributed by atoms with van der Waals surface area (Å²) in [5, 5.41) is 19.7. The number of carbonyl (C=O) groups is 3. The van der Waals surface area contributed by atoms with Gasteiger partial charge in [0.15, 0.2) is 0 Å². The van der Waals surface area contributed by atoms with Crippen LogP contribution < -0.4 is 10.2 Å². The number of benzene rings is 3. The molecule has 0 saturated heterocycles. The van der Waals surface area contributed by atoms with Crippen LogP contribution in [0.3, 0.4) is 0 Å². The van der Waals surface area contributed by atoms with E-state index in [2.05, 4.69) is 23.7 Å². The minimum Gasteiger partial charge on any atom is -0.478 e. The van der Waals surface area contributed by atoms with Crippen LogP contribution >= 0.6 is 0 Å². The number of hydrogen-bond donors (Lipinski definition) is 3. The smallest absolute Gasteiger partial charge is 0.478 e. The average molecular weight is 627 g/mol. The van der Waals surface area contributed by atoms with Gasteiger partial charge in [0, 0.05) is 32.2 Å². The summed E-state index contributed by atoms with van der Waals surface area (Å²) in [5.74, 6) is -2.67. The Morgan fingerprint density at radius 2 is 1.58 bits per heavy atom. The van der Waals surface area contributed by atoms with E-state index in [1.165, 1.54) is 0 Å². The van der Waals surface area contributed by atoms with Gasteiger partial charge in [0.05, 0.1) is 16.6 Å². The summed E-state index contributed by atoms with van der Waals surface area (Å²) in [4.78, 5) is 39.8. The van der Waals surface area contributed by atoms with Crippen molar-refractivity contribution in [1.29, 1.82) is 0 Å². The molecule has 9 nitrogen and oxygen atoms in total. The molecule has 3 N–H and O–H groups in total. The number of aromatic carboxylic acids is 1. The standard InChI is InChI=1S/C31H36N4O3.C2HF3O2/c1-4-6-12-29-33-27-18-17-24(34(3)31(38)32-19-7-5-2)20-28(27)35(29)21-22-13-15-23(16-14-22)25-10-8-9-11-26(25)30(36)37;3-2(4,5)1(6)7/h8-11,13-18,20H,4-7,12,19,21H2,1-3H3,(H,32,38)(H,36,37);(H,6,7). The molecule has 0 aliphatic heterocycles. The molecule has 0 radical (unpaired) electrons. The van der Waals surface area contributed by atoms with E-state index in [4.69, 9.17) is 14.9 Å². The molecule has 0 bridgehead atoms. The monoisotopic (exact) mass is 626 g/mol. The maximum absolute atomic E-state index is 12.6. The van der Waals surface area contributed by atoms with Crippen LogP contribution in [0, 0.1) is 0 Å². The largest absolute Gasteiger partial charge is 0.490 e. The molecule has 4 rings (SSSR count). The quantitative estimate of drug-likeness (QED) is 0.149. The molecule has 1 heterocycles. The SMILES string of the molecule is CCCCNC(=O)N(C)c1ccc2nc(CCCC)n(Cc3ccc(-c4ccccc4C(=O)O)cc3)c2c1.O=C(O)C(F)(F)F. The fourth-order valence-corrected chi connectivity index (χ4v) is 4.57. The Morgan fingerprint density at radius 3 is 2.18 bits per heavy atom. The summed E-state index contributed by atoms with van der Waals surface area (Å²) in [5.41, 5.74) is 5.66. The van der Waals surface area contributed by atoms with Crippen LogP contribution in [-0.4, -0.2) is 57.5 Å². The number of nitrogens with zero attached hydrogens (tertiary/aromatic N) is 3. The molecule has 0 aliphatic carbocycles. The van der Waals surface area contributed by atoms with Gasteiger partial charge in [-0.25, -0.2) is 19.4 Å². The van der Waals surface area contributed by atoms with Gasteiger partial charge >= 0.3 is 24.1 Å². The molecule has 0 saturated carbocycles. The van der Waals surface area contributed by atoms with Gasteiger partial charge in [-0.3, -0.25) is 4.90 Å². The Morgan fingerprint density at radius 1 is 0.933 bits per heavy atom. The van der Waals surface area contributed by atoms with Crippen LogP contribution in [0.15, 0.2) is 66.7 Å². The number of imidazole rings is 1. The number of fused-ring (bicyclic) bond motifs is 1. The van der Waals surface area contributed by atoms with Gasteiger partial charge in [-0.2, -0.15) is 13.2 Å². The molecule has 3 aromatic carbocycles. The van der Waals surface area contributed by atoms with Crippen LogP contribution in [0.1, 0.15) is 61.3 Å². The number of aromatic nitrogens is 2. The van der Waals surface area contributed by atoms with Crippen LogP contribution in [0.4, 0.5) is 23.7 Å². The maximum atomic E-state index is 12.6. The van der Waals surface area contributed by atoms with Crippen LogP contribution in [0.5, 0.6) is 0 Å². The van der Waals surface area contributed by atoms with E-state index in [-0.39, 0.29) is 11.6 Å². The first-order chi connectivity index (χ1) is 21.4. The molecule has 240 valence electrons. The lowest BCUT2D eigenvalue weighted by atomic mass is 9.99. The summed E-state index contributed by atoms with van der Waals surface area (Å²) in [6, 6.07) is 20.9. The summed E-state index contributed by atoms with van der Waals surface area (Å²) >= 11 is 0. The highest BCUT2D eigenvalue weighted by atomic mass is 19.4. The van der Waals surface area contributed by atoms with Crippen LogP contribution in [0.25, 0.3) is 22.2 Å². The number of halogens is 3. The minimum absolute atomic E-state index is 0.118. The van der Waals surface area contributed by atoms with E-state index in [9.17, 15) is 27.9 Å². The maximum Gasteiger partial charge on any atom is 0.490 e. The molecule has 12 heteroatoms.